The summed E-state index contributed by atoms with van der Waals surface area (Å²) < 4.78 is 17.0. The minimum Gasteiger partial charge on any atom is -0.484 e. The summed E-state index contributed by atoms with van der Waals surface area (Å²) in [5.41, 5.74) is 0.117. The number of nitrogens with one attached hydrogen (secondary N) is 1. The van der Waals surface area contributed by atoms with Gasteiger partial charge in [0, 0.05) is 12.1 Å². The second kappa shape index (κ2) is 8.61. The Kier molecular flexibility index (Phi) is 5.99. The summed E-state index contributed by atoms with van der Waals surface area (Å²) in [6.45, 7) is 5.50. The molecule has 0 bridgehead atoms. The lowest BCUT2D eigenvalue weighted by atomic mass is 10.2. The van der Waals surface area contributed by atoms with Crippen molar-refractivity contribution in [1.82, 2.24) is 5.32 Å². The van der Waals surface area contributed by atoms with Crippen LogP contribution in [0.1, 0.15) is 26.0 Å². The number of para-hydroxylation sites is 1. The highest BCUT2D eigenvalue weighted by atomic mass is 16.5. The van der Waals surface area contributed by atoms with Crippen LogP contribution in [0.15, 0.2) is 57.7 Å². The molecule has 0 aliphatic carbocycles. The van der Waals surface area contributed by atoms with E-state index in [9.17, 15) is 9.59 Å². The first-order valence-electron chi connectivity index (χ1n) is 9.20. The van der Waals surface area contributed by atoms with E-state index in [4.69, 9.17) is 13.9 Å². The lowest BCUT2D eigenvalue weighted by Crippen LogP contribution is -2.35. The number of hydrogen-bond donors (Lipinski definition) is 1. The van der Waals surface area contributed by atoms with E-state index >= 15 is 0 Å². The van der Waals surface area contributed by atoms with Crippen molar-refractivity contribution in [2.75, 3.05) is 6.61 Å². The summed E-state index contributed by atoms with van der Waals surface area (Å²) in [6.07, 6.45) is 0.847. The second-order valence-corrected chi connectivity index (χ2v) is 6.56. The molecular formula is C22H23NO5. The lowest BCUT2D eigenvalue weighted by Gasteiger charge is -2.12. The molecule has 1 N–H and O–H groups in total. The molecule has 0 aliphatic rings. The molecule has 0 saturated heterocycles. The van der Waals surface area contributed by atoms with Gasteiger partial charge in [-0.15, -0.1) is 0 Å². The summed E-state index contributed by atoms with van der Waals surface area (Å²) >= 11 is 0. The van der Waals surface area contributed by atoms with E-state index in [1.54, 1.807) is 37.3 Å². The van der Waals surface area contributed by atoms with E-state index in [1.165, 1.54) is 0 Å². The van der Waals surface area contributed by atoms with Crippen LogP contribution in [0.25, 0.3) is 11.0 Å². The van der Waals surface area contributed by atoms with E-state index in [2.05, 4.69) is 5.32 Å². The van der Waals surface area contributed by atoms with Crippen LogP contribution in [0, 0.1) is 6.92 Å². The van der Waals surface area contributed by atoms with Gasteiger partial charge in [-0.1, -0.05) is 25.1 Å². The minimum absolute atomic E-state index is 0.0939. The Morgan fingerprint density at radius 2 is 1.89 bits per heavy atom. The van der Waals surface area contributed by atoms with Crippen LogP contribution in [-0.2, 0) is 4.79 Å². The van der Waals surface area contributed by atoms with Crippen LogP contribution in [-0.4, -0.2) is 18.6 Å². The quantitative estimate of drug-likeness (QED) is 0.664. The molecule has 0 saturated carbocycles. The number of carbonyl (C=O) groups excluding carboxylic acids is 1. The van der Waals surface area contributed by atoms with Crippen molar-refractivity contribution in [3.63, 3.8) is 0 Å². The number of amides is 1. The molecule has 0 aliphatic heterocycles. The Balaban J connectivity index is 1.81. The van der Waals surface area contributed by atoms with E-state index in [1.807, 2.05) is 32.0 Å². The molecule has 1 amide bonds. The van der Waals surface area contributed by atoms with Crippen LogP contribution >= 0.6 is 0 Å². The number of hydrogen-bond acceptors (Lipinski definition) is 5. The van der Waals surface area contributed by atoms with E-state index < -0.39 is 0 Å². The summed E-state index contributed by atoms with van der Waals surface area (Å²) in [5.74, 6) is 1.34. The molecule has 1 atom stereocenters. The first kappa shape index (κ1) is 19.5. The van der Waals surface area contributed by atoms with Crippen LogP contribution in [0.5, 0.6) is 17.2 Å². The third-order valence-corrected chi connectivity index (χ3v) is 4.34. The number of benzene rings is 2. The smallest absolute Gasteiger partial charge is 0.258 e. The third kappa shape index (κ3) is 4.52. The third-order valence-electron chi connectivity index (χ3n) is 4.34. The number of aryl methyl sites for hydroxylation is 1. The summed E-state index contributed by atoms with van der Waals surface area (Å²) in [4.78, 5) is 24.6. The van der Waals surface area contributed by atoms with Crippen molar-refractivity contribution in [3.8, 4) is 17.2 Å². The van der Waals surface area contributed by atoms with Crippen molar-refractivity contribution in [2.24, 2.45) is 0 Å². The van der Waals surface area contributed by atoms with Crippen molar-refractivity contribution in [2.45, 2.75) is 33.2 Å². The maximum absolute atomic E-state index is 12.8. The molecule has 28 heavy (non-hydrogen) atoms. The molecule has 6 nitrogen and oxygen atoms in total. The average molecular weight is 381 g/mol. The van der Waals surface area contributed by atoms with Gasteiger partial charge in [0.15, 0.2) is 6.61 Å². The molecule has 0 fully saturated rings. The highest BCUT2D eigenvalue weighted by Crippen LogP contribution is 2.27. The van der Waals surface area contributed by atoms with Gasteiger partial charge in [-0.2, -0.15) is 0 Å². The molecule has 1 aromatic heterocycles. The molecule has 0 radical (unpaired) electrons. The maximum Gasteiger partial charge on any atom is 0.258 e. The first-order chi connectivity index (χ1) is 13.5. The van der Waals surface area contributed by atoms with Crippen molar-refractivity contribution in [1.29, 1.82) is 0 Å². The number of rotatable bonds is 7. The average Bonchev–Trinajstić information content (AvgIpc) is 2.70. The molecule has 6 heteroatoms. The number of carbonyl (C=O) groups is 1. The molecule has 0 spiro atoms. The van der Waals surface area contributed by atoms with Gasteiger partial charge in [0.1, 0.15) is 22.8 Å². The van der Waals surface area contributed by atoms with Crippen LogP contribution in [0.2, 0.25) is 0 Å². The summed E-state index contributed by atoms with van der Waals surface area (Å²) in [6, 6.07) is 14.0. The fraction of sp³-hybridized carbons (Fsp3) is 0.273. The maximum atomic E-state index is 12.8. The van der Waals surface area contributed by atoms with E-state index in [0.717, 1.165) is 6.42 Å². The Morgan fingerprint density at radius 1 is 1.14 bits per heavy atom. The van der Waals surface area contributed by atoms with Crippen molar-refractivity contribution in [3.05, 3.63) is 64.5 Å². The standard InChI is InChI=1S/C22H23NO5/c1-4-14(2)23-20(24)13-26-17-10-11-18-19(12-17)27-15(3)22(21(18)25)28-16-8-6-5-7-9-16/h5-12,14H,4,13H2,1-3H3,(H,23,24)/t14-/m0/s1. The Hall–Kier alpha value is -3.28. The van der Waals surface area contributed by atoms with Crippen LogP contribution in [0.3, 0.4) is 0 Å². The normalized spacial score (nSPS) is 11.8. The van der Waals surface area contributed by atoms with Crippen molar-refractivity contribution >= 4 is 16.9 Å². The Morgan fingerprint density at radius 3 is 2.61 bits per heavy atom. The number of ether oxygens (including phenoxy) is 2. The molecule has 0 unspecified atom stereocenters. The topological polar surface area (TPSA) is 77.8 Å². The van der Waals surface area contributed by atoms with Gasteiger partial charge in [-0.3, -0.25) is 9.59 Å². The zero-order valence-corrected chi connectivity index (χ0v) is 16.2. The fourth-order valence-corrected chi connectivity index (χ4v) is 2.65. The van der Waals surface area contributed by atoms with Gasteiger partial charge < -0.3 is 19.2 Å². The predicted molar refractivity (Wildman–Crippen MR) is 107 cm³/mol. The summed E-state index contributed by atoms with van der Waals surface area (Å²) in [7, 11) is 0. The highest BCUT2D eigenvalue weighted by Gasteiger charge is 2.15. The predicted octanol–water partition coefficient (Wildman–Crippen LogP) is 4.19. The van der Waals surface area contributed by atoms with E-state index in [-0.39, 0.29) is 29.7 Å². The Labute approximate surface area is 163 Å². The minimum atomic E-state index is -0.260. The zero-order valence-electron chi connectivity index (χ0n) is 16.2. The monoisotopic (exact) mass is 381 g/mol. The van der Waals surface area contributed by atoms with Gasteiger partial charge in [-0.25, -0.2) is 0 Å². The lowest BCUT2D eigenvalue weighted by molar-refractivity contribution is -0.123. The van der Waals surface area contributed by atoms with Crippen LogP contribution < -0.4 is 20.2 Å². The molecule has 1 heterocycles. The molecule has 146 valence electrons. The molecular weight excluding hydrogens is 358 g/mol. The second-order valence-electron chi connectivity index (χ2n) is 6.56. The van der Waals surface area contributed by atoms with E-state index in [0.29, 0.717) is 28.2 Å². The molecule has 2 aromatic carbocycles. The van der Waals surface area contributed by atoms with Crippen LogP contribution in [0.4, 0.5) is 0 Å². The summed E-state index contributed by atoms with van der Waals surface area (Å²) in [5, 5.41) is 3.21. The zero-order chi connectivity index (χ0) is 20.1. The largest absolute Gasteiger partial charge is 0.484 e. The first-order valence-corrected chi connectivity index (χ1v) is 9.20. The molecule has 3 aromatic rings. The molecule has 3 rings (SSSR count). The van der Waals surface area contributed by atoms with Gasteiger partial charge >= 0.3 is 0 Å². The SMILES string of the molecule is CC[C@H](C)NC(=O)COc1ccc2c(=O)c(Oc3ccccc3)c(C)oc2c1. The van der Waals surface area contributed by atoms with Crippen molar-refractivity contribution < 1.29 is 18.7 Å². The van der Waals surface area contributed by atoms with Gasteiger partial charge in [-0.05, 0) is 44.5 Å². The highest BCUT2D eigenvalue weighted by molar-refractivity contribution is 5.80. The number of fused-ring (bicyclic) bond motifs is 1. The van der Waals surface area contributed by atoms with Gasteiger partial charge in [0.05, 0.1) is 5.39 Å². The fourth-order valence-electron chi connectivity index (χ4n) is 2.65. The Bertz CT molecular complexity index is 1030. The van der Waals surface area contributed by atoms with Gasteiger partial charge in [0.25, 0.3) is 5.91 Å². The van der Waals surface area contributed by atoms with Gasteiger partial charge in [0.2, 0.25) is 11.2 Å².